The van der Waals surface area contributed by atoms with Gasteiger partial charge in [-0.3, -0.25) is 29.8 Å². The Labute approximate surface area is 162 Å². The molecule has 0 fully saturated rings. The van der Waals surface area contributed by atoms with Gasteiger partial charge in [0.25, 0.3) is 23.6 Å². The van der Waals surface area contributed by atoms with Gasteiger partial charge in [0.15, 0.2) is 0 Å². The van der Waals surface area contributed by atoms with E-state index < -0.39 is 0 Å². The maximum absolute atomic E-state index is 10.0. The lowest BCUT2D eigenvalue weighted by Crippen LogP contribution is -2.19. The van der Waals surface area contributed by atoms with Gasteiger partial charge >= 0.3 is 0 Å². The molecule has 0 aromatic heterocycles. The van der Waals surface area contributed by atoms with E-state index in [2.05, 4.69) is 30.8 Å². The summed E-state index contributed by atoms with van der Waals surface area (Å²) in [6.45, 7) is 4.10. The number of imide groups is 2. The van der Waals surface area contributed by atoms with Crippen LogP contribution < -0.4 is 10.6 Å². The lowest BCUT2D eigenvalue weighted by Gasteiger charge is -2.04. The molecule has 28 heavy (non-hydrogen) atoms. The molecule has 6 heteroatoms. The van der Waals surface area contributed by atoms with Crippen molar-refractivity contribution in [3.8, 4) is 0 Å². The summed E-state index contributed by atoms with van der Waals surface area (Å²) in [6.07, 6.45) is 4.79. The Morgan fingerprint density at radius 2 is 0.821 bits per heavy atom. The molecule has 4 amide bonds. The molecule has 0 atom stereocenters. The van der Waals surface area contributed by atoms with Gasteiger partial charge in [-0.2, -0.15) is 0 Å². The summed E-state index contributed by atoms with van der Waals surface area (Å²) < 4.78 is 0. The maximum atomic E-state index is 10.0. The number of carbonyl (C=O) groups excluding carboxylic acids is 4. The Balaban J connectivity index is 0.000000168. The van der Waals surface area contributed by atoms with E-state index >= 15 is 0 Å². The molecule has 2 N–H and O–H groups in total. The normalized spacial score (nSPS) is 13.7. The van der Waals surface area contributed by atoms with Crippen molar-refractivity contribution in [3.05, 3.63) is 103 Å². The van der Waals surface area contributed by atoms with Crippen LogP contribution in [0, 0.1) is 0 Å². The summed E-state index contributed by atoms with van der Waals surface area (Å²) in [5.74, 6) is -1.31. The second-order valence-corrected chi connectivity index (χ2v) is 5.58. The van der Waals surface area contributed by atoms with Gasteiger partial charge in [-0.05, 0) is 16.7 Å². The smallest absolute Gasteiger partial charge is 0.250 e. The summed E-state index contributed by atoms with van der Waals surface area (Å²) in [7, 11) is 0. The zero-order valence-corrected chi connectivity index (χ0v) is 14.9. The SMILES string of the molecule is C=C(c1ccccc1)c1ccccc1.O=C1C=CC(=O)N1.O=C1C=CC(=O)N1. The second-order valence-electron chi connectivity index (χ2n) is 5.58. The van der Waals surface area contributed by atoms with Gasteiger partial charge in [0.2, 0.25) is 0 Å². The molecular formula is C22H18N2O4. The Morgan fingerprint density at radius 3 is 1.04 bits per heavy atom. The molecule has 2 aromatic rings. The molecular weight excluding hydrogens is 356 g/mol. The molecule has 2 aromatic carbocycles. The van der Waals surface area contributed by atoms with Crippen LogP contribution in [-0.2, 0) is 19.2 Å². The number of rotatable bonds is 2. The maximum Gasteiger partial charge on any atom is 0.250 e. The quantitative estimate of drug-likeness (QED) is 0.788. The molecule has 2 aliphatic rings. The van der Waals surface area contributed by atoms with E-state index in [1.54, 1.807) is 0 Å². The number of carbonyl (C=O) groups is 4. The van der Waals surface area contributed by atoms with Crippen molar-refractivity contribution in [2.75, 3.05) is 0 Å². The van der Waals surface area contributed by atoms with Crippen LogP contribution >= 0.6 is 0 Å². The number of hydrogen-bond donors (Lipinski definition) is 2. The van der Waals surface area contributed by atoms with Crippen molar-refractivity contribution in [1.29, 1.82) is 0 Å². The van der Waals surface area contributed by atoms with Crippen LogP contribution in [0.1, 0.15) is 11.1 Å². The number of hydrogen-bond acceptors (Lipinski definition) is 4. The lowest BCUT2D eigenvalue weighted by molar-refractivity contribution is -0.125. The molecule has 0 saturated carbocycles. The third-order valence-electron chi connectivity index (χ3n) is 3.51. The lowest BCUT2D eigenvalue weighted by atomic mass is 10.0. The van der Waals surface area contributed by atoms with E-state index in [4.69, 9.17) is 0 Å². The Hall–Kier alpha value is -4.06. The highest BCUT2D eigenvalue weighted by atomic mass is 16.2. The summed E-state index contributed by atoms with van der Waals surface area (Å²) in [5.41, 5.74) is 3.43. The first-order valence-corrected chi connectivity index (χ1v) is 8.31. The fraction of sp³-hybridized carbons (Fsp3) is 0. The Bertz CT molecular complexity index is 836. The summed E-state index contributed by atoms with van der Waals surface area (Å²) in [5, 5.41) is 4.06. The van der Waals surface area contributed by atoms with Crippen molar-refractivity contribution in [3.63, 3.8) is 0 Å². The molecule has 2 aliphatic heterocycles. The van der Waals surface area contributed by atoms with Gasteiger partial charge in [0.05, 0.1) is 0 Å². The molecule has 140 valence electrons. The summed E-state index contributed by atoms with van der Waals surface area (Å²) >= 11 is 0. The molecule has 4 rings (SSSR count). The predicted molar refractivity (Wildman–Crippen MR) is 106 cm³/mol. The van der Waals surface area contributed by atoms with Crippen molar-refractivity contribution < 1.29 is 19.2 Å². The van der Waals surface area contributed by atoms with Crippen LogP contribution in [0.4, 0.5) is 0 Å². The van der Waals surface area contributed by atoms with Crippen LogP contribution in [0.2, 0.25) is 0 Å². The van der Waals surface area contributed by atoms with Gasteiger partial charge in [0, 0.05) is 24.3 Å². The van der Waals surface area contributed by atoms with E-state index in [1.807, 2.05) is 47.0 Å². The largest absolute Gasteiger partial charge is 0.289 e. The summed E-state index contributed by atoms with van der Waals surface area (Å²) in [4.78, 5) is 40.1. The molecule has 0 unspecified atom stereocenters. The number of benzene rings is 2. The van der Waals surface area contributed by atoms with Gasteiger partial charge in [-0.1, -0.05) is 67.2 Å². The van der Waals surface area contributed by atoms with E-state index in [9.17, 15) is 19.2 Å². The zero-order chi connectivity index (χ0) is 20.4. The molecule has 0 bridgehead atoms. The minimum Gasteiger partial charge on any atom is -0.289 e. The van der Waals surface area contributed by atoms with Crippen LogP contribution in [0.5, 0.6) is 0 Å². The number of nitrogens with one attached hydrogen (secondary N) is 2. The van der Waals surface area contributed by atoms with Crippen molar-refractivity contribution in [1.82, 2.24) is 10.6 Å². The summed E-state index contributed by atoms with van der Waals surface area (Å²) in [6, 6.07) is 20.5. The van der Waals surface area contributed by atoms with E-state index in [1.165, 1.54) is 35.4 Å². The van der Waals surface area contributed by atoms with Crippen molar-refractivity contribution >= 4 is 29.2 Å². The van der Waals surface area contributed by atoms with Gasteiger partial charge < -0.3 is 0 Å². The first-order valence-electron chi connectivity index (χ1n) is 8.31. The highest BCUT2D eigenvalue weighted by Gasteiger charge is 2.07. The highest BCUT2D eigenvalue weighted by molar-refractivity contribution is 6.13. The fourth-order valence-electron chi connectivity index (χ4n) is 2.16. The Kier molecular flexibility index (Phi) is 7.36. The second kappa shape index (κ2) is 10.2. The fourth-order valence-corrected chi connectivity index (χ4v) is 2.16. The number of amides is 4. The molecule has 6 nitrogen and oxygen atoms in total. The van der Waals surface area contributed by atoms with Crippen molar-refractivity contribution in [2.45, 2.75) is 0 Å². The molecule has 2 heterocycles. The molecule has 0 aliphatic carbocycles. The van der Waals surface area contributed by atoms with Gasteiger partial charge in [0.1, 0.15) is 0 Å². The van der Waals surface area contributed by atoms with Crippen LogP contribution in [0.3, 0.4) is 0 Å². The minimum absolute atomic E-state index is 0.329. The monoisotopic (exact) mass is 374 g/mol. The van der Waals surface area contributed by atoms with Gasteiger partial charge in [-0.15, -0.1) is 0 Å². The molecule has 0 spiro atoms. The average Bonchev–Trinajstić information content (AvgIpc) is 3.29. The molecule has 0 saturated heterocycles. The predicted octanol–water partition coefficient (Wildman–Crippen LogP) is 2.15. The standard InChI is InChI=1S/C14H12.2C4H3NO2/c1-12(13-8-4-2-5-9-13)14-10-6-3-7-11-14;2*6-3-1-2-4(7)5-3/h2-11H,1H2;2*1-2H,(H,5,6,7). The zero-order valence-electron chi connectivity index (χ0n) is 14.9. The first kappa shape index (κ1) is 20.3. The third kappa shape index (κ3) is 6.68. The Morgan fingerprint density at radius 1 is 0.536 bits per heavy atom. The average molecular weight is 374 g/mol. The van der Waals surface area contributed by atoms with E-state index in [0.717, 1.165) is 5.57 Å². The van der Waals surface area contributed by atoms with Crippen molar-refractivity contribution in [2.24, 2.45) is 0 Å². The van der Waals surface area contributed by atoms with Crippen LogP contribution in [-0.4, -0.2) is 23.6 Å². The van der Waals surface area contributed by atoms with E-state index in [-0.39, 0.29) is 23.6 Å². The third-order valence-corrected chi connectivity index (χ3v) is 3.51. The van der Waals surface area contributed by atoms with E-state index in [0.29, 0.717) is 0 Å². The topological polar surface area (TPSA) is 92.3 Å². The first-order chi connectivity index (χ1) is 13.5. The van der Waals surface area contributed by atoms with Gasteiger partial charge in [-0.25, -0.2) is 0 Å². The van der Waals surface area contributed by atoms with Crippen LogP contribution in [0.25, 0.3) is 5.57 Å². The minimum atomic E-state index is -0.329. The molecule has 0 radical (unpaired) electrons. The highest BCUT2D eigenvalue weighted by Crippen LogP contribution is 2.20. The van der Waals surface area contributed by atoms with Crippen LogP contribution in [0.15, 0.2) is 91.5 Å².